The predicted octanol–water partition coefficient (Wildman–Crippen LogP) is 1.87. The van der Waals surface area contributed by atoms with Crippen LogP contribution in [0.15, 0.2) is 36.5 Å². The van der Waals surface area contributed by atoms with E-state index in [4.69, 9.17) is 0 Å². The molecule has 0 aliphatic carbocycles. The van der Waals surface area contributed by atoms with Crippen LogP contribution < -0.4 is 5.32 Å². The highest BCUT2D eigenvalue weighted by molar-refractivity contribution is 5.27. The van der Waals surface area contributed by atoms with E-state index >= 15 is 0 Å². The quantitative estimate of drug-likeness (QED) is 0.854. The van der Waals surface area contributed by atoms with E-state index in [2.05, 4.69) is 10.4 Å². The zero-order chi connectivity index (χ0) is 11.5. The summed E-state index contributed by atoms with van der Waals surface area (Å²) in [5, 5.41) is 7.51. The van der Waals surface area contributed by atoms with Crippen LogP contribution in [0.2, 0.25) is 0 Å². The molecule has 4 heteroatoms. The van der Waals surface area contributed by atoms with Crippen molar-refractivity contribution in [1.29, 1.82) is 0 Å². The molecular weight excluding hydrogens is 205 g/mol. The van der Waals surface area contributed by atoms with E-state index in [9.17, 15) is 4.39 Å². The molecular formula is C12H14FN3. The van der Waals surface area contributed by atoms with E-state index in [-0.39, 0.29) is 11.9 Å². The van der Waals surface area contributed by atoms with Gasteiger partial charge in [-0.15, -0.1) is 0 Å². The lowest BCUT2D eigenvalue weighted by atomic mass is 10.0. The summed E-state index contributed by atoms with van der Waals surface area (Å²) in [4.78, 5) is 0. The molecule has 0 bridgehead atoms. The van der Waals surface area contributed by atoms with Gasteiger partial charge >= 0.3 is 0 Å². The third-order valence-corrected chi connectivity index (χ3v) is 2.52. The molecule has 0 fully saturated rings. The van der Waals surface area contributed by atoms with Gasteiger partial charge in [0.05, 0.1) is 11.7 Å². The predicted molar refractivity (Wildman–Crippen MR) is 60.5 cm³/mol. The van der Waals surface area contributed by atoms with Crippen LogP contribution in [-0.4, -0.2) is 16.8 Å². The highest BCUT2D eigenvalue weighted by atomic mass is 19.1. The second-order valence-corrected chi connectivity index (χ2v) is 3.69. The summed E-state index contributed by atoms with van der Waals surface area (Å²) >= 11 is 0. The SMILES string of the molecule is CNC(c1ccc(F)cc1)c1ccn(C)n1. The molecule has 0 saturated carbocycles. The number of aryl methyl sites for hydroxylation is 1. The Bertz CT molecular complexity index is 461. The Hall–Kier alpha value is -1.68. The van der Waals surface area contributed by atoms with Crippen molar-refractivity contribution < 1.29 is 4.39 Å². The summed E-state index contributed by atoms with van der Waals surface area (Å²) in [6, 6.07) is 8.41. The van der Waals surface area contributed by atoms with Gasteiger partial charge in [0.25, 0.3) is 0 Å². The number of hydrogen-bond donors (Lipinski definition) is 1. The molecule has 1 unspecified atom stereocenters. The van der Waals surface area contributed by atoms with Crippen molar-refractivity contribution >= 4 is 0 Å². The first-order valence-electron chi connectivity index (χ1n) is 5.13. The van der Waals surface area contributed by atoms with Gasteiger partial charge in [-0.3, -0.25) is 4.68 Å². The number of hydrogen-bond acceptors (Lipinski definition) is 2. The minimum absolute atomic E-state index is 0.00167. The number of nitrogens with zero attached hydrogens (tertiary/aromatic N) is 2. The largest absolute Gasteiger partial charge is 0.308 e. The van der Waals surface area contributed by atoms with Crippen LogP contribution in [0.1, 0.15) is 17.3 Å². The maximum absolute atomic E-state index is 12.8. The molecule has 1 aromatic carbocycles. The van der Waals surface area contributed by atoms with E-state index in [0.717, 1.165) is 11.3 Å². The fourth-order valence-electron chi connectivity index (χ4n) is 1.73. The van der Waals surface area contributed by atoms with Gasteiger partial charge in [0, 0.05) is 13.2 Å². The van der Waals surface area contributed by atoms with Crippen molar-refractivity contribution in [3.05, 3.63) is 53.6 Å². The van der Waals surface area contributed by atoms with Gasteiger partial charge in [0.15, 0.2) is 0 Å². The Morgan fingerprint density at radius 2 is 1.94 bits per heavy atom. The number of rotatable bonds is 3. The minimum Gasteiger partial charge on any atom is -0.308 e. The smallest absolute Gasteiger partial charge is 0.123 e. The Labute approximate surface area is 93.9 Å². The summed E-state index contributed by atoms with van der Waals surface area (Å²) in [6.07, 6.45) is 1.89. The molecule has 0 saturated heterocycles. The Balaban J connectivity index is 2.32. The van der Waals surface area contributed by atoms with E-state index in [0.29, 0.717) is 0 Å². The molecule has 2 rings (SSSR count). The maximum Gasteiger partial charge on any atom is 0.123 e. The van der Waals surface area contributed by atoms with Crippen LogP contribution in [0.5, 0.6) is 0 Å². The first-order valence-corrected chi connectivity index (χ1v) is 5.13. The van der Waals surface area contributed by atoms with Crippen molar-refractivity contribution in [1.82, 2.24) is 15.1 Å². The fourth-order valence-corrected chi connectivity index (χ4v) is 1.73. The molecule has 0 spiro atoms. The molecule has 1 aromatic heterocycles. The highest BCUT2D eigenvalue weighted by Gasteiger charge is 2.14. The summed E-state index contributed by atoms with van der Waals surface area (Å²) in [7, 11) is 3.74. The molecule has 3 nitrogen and oxygen atoms in total. The van der Waals surface area contributed by atoms with Gasteiger partial charge < -0.3 is 5.32 Å². The van der Waals surface area contributed by atoms with E-state index in [1.165, 1.54) is 12.1 Å². The maximum atomic E-state index is 12.8. The van der Waals surface area contributed by atoms with Crippen molar-refractivity contribution in [2.24, 2.45) is 7.05 Å². The second-order valence-electron chi connectivity index (χ2n) is 3.69. The molecule has 0 aliphatic heterocycles. The Morgan fingerprint density at radius 1 is 1.25 bits per heavy atom. The average molecular weight is 219 g/mol. The molecule has 84 valence electrons. The third-order valence-electron chi connectivity index (χ3n) is 2.52. The van der Waals surface area contributed by atoms with E-state index in [1.807, 2.05) is 26.4 Å². The average Bonchev–Trinajstić information content (AvgIpc) is 2.69. The normalized spacial score (nSPS) is 12.7. The molecule has 1 atom stereocenters. The summed E-state index contributed by atoms with van der Waals surface area (Å²) in [5.41, 5.74) is 1.93. The highest BCUT2D eigenvalue weighted by Crippen LogP contribution is 2.19. The summed E-state index contributed by atoms with van der Waals surface area (Å²) < 4.78 is 14.6. The Morgan fingerprint density at radius 3 is 2.44 bits per heavy atom. The van der Waals surface area contributed by atoms with Crippen molar-refractivity contribution in [3.8, 4) is 0 Å². The Kier molecular flexibility index (Phi) is 3.01. The van der Waals surface area contributed by atoms with E-state index < -0.39 is 0 Å². The number of aromatic nitrogens is 2. The molecule has 16 heavy (non-hydrogen) atoms. The first kappa shape index (κ1) is 10.8. The number of benzene rings is 1. The van der Waals surface area contributed by atoms with Crippen LogP contribution in [0, 0.1) is 5.82 Å². The van der Waals surface area contributed by atoms with Crippen LogP contribution >= 0.6 is 0 Å². The third kappa shape index (κ3) is 2.12. The lowest BCUT2D eigenvalue weighted by molar-refractivity contribution is 0.618. The van der Waals surface area contributed by atoms with E-state index in [1.54, 1.807) is 16.8 Å². The topological polar surface area (TPSA) is 29.9 Å². The molecule has 1 N–H and O–H groups in total. The van der Waals surface area contributed by atoms with Crippen LogP contribution in [0.4, 0.5) is 4.39 Å². The van der Waals surface area contributed by atoms with Crippen LogP contribution in [-0.2, 0) is 7.05 Å². The first-order chi connectivity index (χ1) is 7.70. The zero-order valence-corrected chi connectivity index (χ0v) is 9.31. The van der Waals surface area contributed by atoms with Crippen molar-refractivity contribution in [2.75, 3.05) is 7.05 Å². The van der Waals surface area contributed by atoms with Crippen LogP contribution in [0.25, 0.3) is 0 Å². The van der Waals surface area contributed by atoms with Gasteiger partial charge in [0.1, 0.15) is 5.82 Å². The van der Waals surface area contributed by atoms with Crippen molar-refractivity contribution in [2.45, 2.75) is 6.04 Å². The molecule has 0 amide bonds. The zero-order valence-electron chi connectivity index (χ0n) is 9.31. The van der Waals surface area contributed by atoms with Gasteiger partial charge in [-0.1, -0.05) is 12.1 Å². The summed E-state index contributed by atoms with van der Waals surface area (Å²) in [6.45, 7) is 0. The number of halogens is 1. The molecule has 2 aromatic rings. The monoisotopic (exact) mass is 219 g/mol. The summed E-state index contributed by atoms with van der Waals surface area (Å²) in [5.74, 6) is -0.223. The lowest BCUT2D eigenvalue weighted by Crippen LogP contribution is -2.18. The molecule has 0 radical (unpaired) electrons. The van der Waals surface area contributed by atoms with Gasteiger partial charge in [-0.2, -0.15) is 5.10 Å². The second kappa shape index (κ2) is 4.45. The standard InChI is InChI=1S/C12H14FN3/c1-14-12(11-7-8-16(2)15-11)9-3-5-10(13)6-4-9/h3-8,12,14H,1-2H3. The van der Waals surface area contributed by atoms with Crippen LogP contribution in [0.3, 0.4) is 0 Å². The van der Waals surface area contributed by atoms with Gasteiger partial charge in [0.2, 0.25) is 0 Å². The number of nitrogens with one attached hydrogen (secondary N) is 1. The minimum atomic E-state index is -0.223. The van der Waals surface area contributed by atoms with Gasteiger partial charge in [-0.05, 0) is 30.8 Å². The fraction of sp³-hybridized carbons (Fsp3) is 0.250. The molecule has 1 heterocycles. The molecule has 0 aliphatic rings. The lowest BCUT2D eigenvalue weighted by Gasteiger charge is -2.13. The van der Waals surface area contributed by atoms with Crippen molar-refractivity contribution in [3.63, 3.8) is 0 Å². The van der Waals surface area contributed by atoms with Gasteiger partial charge in [-0.25, -0.2) is 4.39 Å².